The zero-order chi connectivity index (χ0) is 14.3. The highest BCUT2D eigenvalue weighted by molar-refractivity contribution is 5.96. The minimum Gasteiger partial charge on any atom is -0.508 e. The van der Waals surface area contributed by atoms with Gasteiger partial charge in [0.2, 0.25) is 5.91 Å². The van der Waals surface area contributed by atoms with E-state index in [1.807, 2.05) is 0 Å². The van der Waals surface area contributed by atoms with Gasteiger partial charge < -0.3 is 15.3 Å². The molecule has 0 saturated carbocycles. The number of amides is 2. The third-order valence-corrected chi connectivity index (χ3v) is 4.32. The number of piperidine rings is 1. The van der Waals surface area contributed by atoms with E-state index in [0.29, 0.717) is 18.7 Å². The van der Waals surface area contributed by atoms with Crippen LogP contribution in [-0.2, 0) is 4.79 Å². The Morgan fingerprint density at radius 2 is 2.25 bits per heavy atom. The number of likely N-dealkylation sites (tertiary alicyclic amines) is 1. The number of phenols is 1. The largest absolute Gasteiger partial charge is 0.508 e. The SMILES string of the molecule is Cc1ccc(C(=O)N2CCCC3C(=O)NCC32)cc1O. The van der Waals surface area contributed by atoms with Crippen molar-refractivity contribution in [1.82, 2.24) is 10.2 Å². The number of aromatic hydroxyl groups is 1. The van der Waals surface area contributed by atoms with Crippen molar-refractivity contribution < 1.29 is 14.7 Å². The maximum atomic E-state index is 12.6. The van der Waals surface area contributed by atoms with Crippen LogP contribution in [0.3, 0.4) is 0 Å². The van der Waals surface area contributed by atoms with Gasteiger partial charge in [-0.15, -0.1) is 0 Å². The number of nitrogens with zero attached hydrogens (tertiary/aromatic N) is 1. The summed E-state index contributed by atoms with van der Waals surface area (Å²) in [6.45, 7) is 3.00. The van der Waals surface area contributed by atoms with Crippen molar-refractivity contribution >= 4 is 11.8 Å². The van der Waals surface area contributed by atoms with Gasteiger partial charge in [-0.2, -0.15) is 0 Å². The highest BCUT2D eigenvalue weighted by Crippen LogP contribution is 2.29. The molecular formula is C15H18N2O3. The molecule has 2 aliphatic rings. The van der Waals surface area contributed by atoms with E-state index >= 15 is 0 Å². The first-order chi connectivity index (χ1) is 9.58. The third-order valence-electron chi connectivity index (χ3n) is 4.32. The minimum absolute atomic E-state index is 0.0489. The highest BCUT2D eigenvalue weighted by Gasteiger charge is 2.42. The summed E-state index contributed by atoms with van der Waals surface area (Å²) in [4.78, 5) is 26.1. The predicted molar refractivity (Wildman–Crippen MR) is 73.4 cm³/mol. The summed E-state index contributed by atoms with van der Waals surface area (Å²) in [7, 11) is 0. The van der Waals surface area contributed by atoms with Crippen LogP contribution >= 0.6 is 0 Å². The lowest BCUT2D eigenvalue weighted by molar-refractivity contribution is -0.123. The first-order valence-electron chi connectivity index (χ1n) is 6.96. The maximum Gasteiger partial charge on any atom is 0.254 e. The topological polar surface area (TPSA) is 69.6 Å². The van der Waals surface area contributed by atoms with Crippen LogP contribution in [0.4, 0.5) is 0 Å². The molecule has 5 heteroatoms. The van der Waals surface area contributed by atoms with Crippen molar-refractivity contribution in [2.75, 3.05) is 13.1 Å². The van der Waals surface area contributed by atoms with Gasteiger partial charge in [0, 0.05) is 18.7 Å². The van der Waals surface area contributed by atoms with Crippen molar-refractivity contribution in [1.29, 1.82) is 0 Å². The van der Waals surface area contributed by atoms with Gasteiger partial charge in [0.15, 0.2) is 0 Å². The molecule has 0 radical (unpaired) electrons. The summed E-state index contributed by atoms with van der Waals surface area (Å²) >= 11 is 0. The fourth-order valence-corrected chi connectivity index (χ4v) is 3.11. The lowest BCUT2D eigenvalue weighted by atomic mass is 9.91. The molecule has 2 amide bonds. The Morgan fingerprint density at radius 3 is 3.00 bits per heavy atom. The van der Waals surface area contributed by atoms with Crippen molar-refractivity contribution in [3.8, 4) is 5.75 Å². The molecular weight excluding hydrogens is 256 g/mol. The number of carbonyl (C=O) groups is 2. The Hall–Kier alpha value is -2.04. The van der Waals surface area contributed by atoms with E-state index in [2.05, 4.69) is 5.32 Å². The summed E-state index contributed by atoms with van der Waals surface area (Å²) in [6.07, 6.45) is 1.69. The number of nitrogens with one attached hydrogen (secondary N) is 1. The first-order valence-corrected chi connectivity index (χ1v) is 6.96. The molecule has 5 nitrogen and oxygen atoms in total. The molecule has 0 aromatic heterocycles. The van der Waals surface area contributed by atoms with Crippen LogP contribution in [0.5, 0.6) is 5.75 Å². The molecule has 0 spiro atoms. The number of carbonyl (C=O) groups excluding carboxylic acids is 2. The van der Waals surface area contributed by atoms with E-state index in [1.54, 1.807) is 24.0 Å². The third kappa shape index (κ3) is 2.03. The maximum absolute atomic E-state index is 12.6. The fourth-order valence-electron chi connectivity index (χ4n) is 3.11. The summed E-state index contributed by atoms with van der Waals surface area (Å²) in [5.41, 5.74) is 1.23. The Labute approximate surface area is 117 Å². The van der Waals surface area contributed by atoms with Gasteiger partial charge in [0.05, 0.1) is 12.0 Å². The number of aryl methyl sites for hydroxylation is 1. The van der Waals surface area contributed by atoms with Crippen LogP contribution in [0.1, 0.15) is 28.8 Å². The number of hydrogen-bond donors (Lipinski definition) is 2. The first kappa shape index (κ1) is 13.0. The normalized spacial score (nSPS) is 25.2. The van der Waals surface area contributed by atoms with Crippen LogP contribution in [0.15, 0.2) is 18.2 Å². The molecule has 0 bridgehead atoms. The molecule has 3 rings (SSSR count). The Kier molecular flexibility index (Phi) is 3.12. The van der Waals surface area contributed by atoms with Crippen LogP contribution in [0.2, 0.25) is 0 Å². The molecule has 0 aliphatic carbocycles. The average Bonchev–Trinajstić information content (AvgIpc) is 2.83. The molecule has 2 unspecified atom stereocenters. The second kappa shape index (κ2) is 4.81. The smallest absolute Gasteiger partial charge is 0.254 e. The Morgan fingerprint density at radius 1 is 1.45 bits per heavy atom. The second-order valence-corrected chi connectivity index (χ2v) is 5.56. The summed E-state index contributed by atoms with van der Waals surface area (Å²) in [5.74, 6) is 0.00234. The molecule has 1 aromatic carbocycles. The van der Waals surface area contributed by atoms with E-state index in [9.17, 15) is 14.7 Å². The number of hydrogen-bond acceptors (Lipinski definition) is 3. The molecule has 2 saturated heterocycles. The fraction of sp³-hybridized carbons (Fsp3) is 0.467. The van der Waals surface area contributed by atoms with Crippen molar-refractivity contribution in [2.45, 2.75) is 25.8 Å². The number of phenolic OH excluding ortho intramolecular Hbond substituents is 1. The van der Waals surface area contributed by atoms with E-state index in [0.717, 1.165) is 18.4 Å². The standard InChI is InChI=1S/C15H18N2O3/c1-9-4-5-10(7-13(9)18)15(20)17-6-2-3-11-12(17)8-16-14(11)19/h4-5,7,11-12,18H,2-3,6,8H2,1H3,(H,16,19). The van der Waals surface area contributed by atoms with Crippen LogP contribution in [0, 0.1) is 12.8 Å². The Balaban J connectivity index is 1.86. The monoisotopic (exact) mass is 274 g/mol. The molecule has 2 N–H and O–H groups in total. The van der Waals surface area contributed by atoms with Crippen molar-refractivity contribution in [3.63, 3.8) is 0 Å². The minimum atomic E-state index is -0.105. The van der Waals surface area contributed by atoms with Gasteiger partial charge in [0.1, 0.15) is 5.75 Å². The predicted octanol–water partition coefficient (Wildman–Crippen LogP) is 1.05. The summed E-state index contributed by atoms with van der Waals surface area (Å²) in [6, 6.07) is 4.92. The van der Waals surface area contributed by atoms with Crippen molar-refractivity contribution in [2.24, 2.45) is 5.92 Å². The number of fused-ring (bicyclic) bond motifs is 1. The molecule has 2 aliphatic heterocycles. The van der Waals surface area contributed by atoms with E-state index < -0.39 is 0 Å². The summed E-state index contributed by atoms with van der Waals surface area (Å²) < 4.78 is 0. The number of benzene rings is 1. The molecule has 1 aromatic rings. The van der Waals surface area contributed by atoms with Crippen LogP contribution in [0.25, 0.3) is 0 Å². The zero-order valence-corrected chi connectivity index (χ0v) is 11.4. The second-order valence-electron chi connectivity index (χ2n) is 5.56. The van der Waals surface area contributed by atoms with Gasteiger partial charge in [-0.25, -0.2) is 0 Å². The van der Waals surface area contributed by atoms with Gasteiger partial charge >= 0.3 is 0 Å². The molecule has 2 fully saturated rings. The highest BCUT2D eigenvalue weighted by atomic mass is 16.3. The van der Waals surface area contributed by atoms with E-state index in [4.69, 9.17) is 0 Å². The quantitative estimate of drug-likeness (QED) is 0.804. The molecule has 2 atom stereocenters. The average molecular weight is 274 g/mol. The lowest BCUT2D eigenvalue weighted by Crippen LogP contribution is -2.48. The molecule has 2 heterocycles. The van der Waals surface area contributed by atoms with Crippen LogP contribution < -0.4 is 5.32 Å². The lowest BCUT2D eigenvalue weighted by Gasteiger charge is -2.36. The van der Waals surface area contributed by atoms with Crippen molar-refractivity contribution in [3.05, 3.63) is 29.3 Å². The molecule has 20 heavy (non-hydrogen) atoms. The van der Waals surface area contributed by atoms with E-state index in [-0.39, 0.29) is 29.5 Å². The van der Waals surface area contributed by atoms with Gasteiger partial charge in [-0.3, -0.25) is 9.59 Å². The van der Waals surface area contributed by atoms with Crippen LogP contribution in [-0.4, -0.2) is 41.0 Å². The molecule has 106 valence electrons. The van der Waals surface area contributed by atoms with Gasteiger partial charge in [-0.1, -0.05) is 6.07 Å². The Bertz CT molecular complexity index is 570. The van der Waals surface area contributed by atoms with E-state index in [1.165, 1.54) is 6.07 Å². The summed E-state index contributed by atoms with van der Waals surface area (Å²) in [5, 5.41) is 12.6. The zero-order valence-electron chi connectivity index (χ0n) is 11.4. The number of rotatable bonds is 1. The van der Waals surface area contributed by atoms with Gasteiger partial charge in [-0.05, 0) is 37.5 Å². The van der Waals surface area contributed by atoms with Gasteiger partial charge in [0.25, 0.3) is 5.91 Å².